The topological polar surface area (TPSA) is 37.3 Å². The van der Waals surface area contributed by atoms with Gasteiger partial charge in [-0.05, 0) is 43.4 Å². The lowest BCUT2D eigenvalue weighted by molar-refractivity contribution is 0.0697. The molecule has 0 amide bonds. The molecule has 0 saturated carbocycles. The minimum atomic E-state index is -0.860. The van der Waals surface area contributed by atoms with Crippen LogP contribution in [0.25, 0.3) is 0 Å². The van der Waals surface area contributed by atoms with Crippen LogP contribution in [-0.4, -0.2) is 11.1 Å². The van der Waals surface area contributed by atoms with Crippen molar-refractivity contribution in [3.8, 4) is 0 Å². The van der Waals surface area contributed by atoms with Crippen LogP contribution >= 0.6 is 0 Å². The number of aryl methyl sites for hydroxylation is 1. The number of benzene rings is 1. The van der Waals surface area contributed by atoms with E-state index in [1.165, 1.54) is 30.4 Å². The SMILES string of the molecule is CCCC=C(CCC)CCc1ccc(C(=O)O)cc1. The van der Waals surface area contributed by atoms with Gasteiger partial charge in [0.1, 0.15) is 0 Å². The molecule has 0 unspecified atom stereocenters. The van der Waals surface area contributed by atoms with E-state index in [9.17, 15) is 4.79 Å². The molecular weight excluding hydrogens is 236 g/mol. The molecule has 1 aromatic carbocycles. The van der Waals surface area contributed by atoms with E-state index in [1.807, 2.05) is 12.1 Å². The second-order valence-corrected chi connectivity index (χ2v) is 4.90. The summed E-state index contributed by atoms with van der Waals surface area (Å²) in [6.07, 6.45) is 9.17. The fourth-order valence-corrected chi connectivity index (χ4v) is 2.12. The monoisotopic (exact) mass is 260 g/mol. The highest BCUT2D eigenvalue weighted by Crippen LogP contribution is 2.16. The number of carboxylic acids is 1. The molecule has 19 heavy (non-hydrogen) atoms. The molecule has 0 fully saturated rings. The normalized spacial score (nSPS) is 11.6. The second-order valence-electron chi connectivity index (χ2n) is 4.90. The first-order valence-corrected chi connectivity index (χ1v) is 7.17. The van der Waals surface area contributed by atoms with Crippen LogP contribution < -0.4 is 0 Å². The van der Waals surface area contributed by atoms with Crippen LogP contribution in [0.2, 0.25) is 0 Å². The molecule has 0 aliphatic rings. The highest BCUT2D eigenvalue weighted by atomic mass is 16.4. The third-order valence-corrected chi connectivity index (χ3v) is 3.23. The molecule has 0 saturated heterocycles. The van der Waals surface area contributed by atoms with E-state index >= 15 is 0 Å². The summed E-state index contributed by atoms with van der Waals surface area (Å²) in [6.45, 7) is 4.41. The van der Waals surface area contributed by atoms with Gasteiger partial charge in [0, 0.05) is 0 Å². The maximum Gasteiger partial charge on any atom is 0.335 e. The number of allylic oxidation sites excluding steroid dienone is 2. The van der Waals surface area contributed by atoms with Gasteiger partial charge >= 0.3 is 5.97 Å². The van der Waals surface area contributed by atoms with Gasteiger partial charge in [0.15, 0.2) is 0 Å². The summed E-state index contributed by atoms with van der Waals surface area (Å²) in [4.78, 5) is 10.8. The van der Waals surface area contributed by atoms with Crippen molar-refractivity contribution in [2.24, 2.45) is 0 Å². The van der Waals surface area contributed by atoms with E-state index in [1.54, 1.807) is 12.1 Å². The number of carboxylic acid groups (broad SMARTS) is 1. The van der Waals surface area contributed by atoms with Crippen molar-refractivity contribution >= 4 is 5.97 Å². The Morgan fingerprint density at radius 2 is 1.79 bits per heavy atom. The van der Waals surface area contributed by atoms with Crippen molar-refractivity contribution in [2.45, 2.75) is 52.4 Å². The van der Waals surface area contributed by atoms with Gasteiger partial charge in [0.25, 0.3) is 0 Å². The predicted octanol–water partition coefficient (Wildman–Crippen LogP) is 4.84. The molecule has 104 valence electrons. The van der Waals surface area contributed by atoms with Crippen molar-refractivity contribution in [3.63, 3.8) is 0 Å². The highest BCUT2D eigenvalue weighted by molar-refractivity contribution is 5.87. The number of hydrogen-bond acceptors (Lipinski definition) is 1. The molecule has 0 atom stereocenters. The average molecular weight is 260 g/mol. The fourth-order valence-electron chi connectivity index (χ4n) is 2.12. The first-order chi connectivity index (χ1) is 9.17. The van der Waals surface area contributed by atoms with Crippen molar-refractivity contribution in [1.29, 1.82) is 0 Å². The molecule has 0 aliphatic carbocycles. The summed E-state index contributed by atoms with van der Waals surface area (Å²) in [5.41, 5.74) is 3.11. The van der Waals surface area contributed by atoms with E-state index in [4.69, 9.17) is 5.11 Å². The molecule has 0 bridgehead atoms. The zero-order valence-corrected chi connectivity index (χ0v) is 12.0. The lowest BCUT2D eigenvalue weighted by atomic mass is 9.99. The summed E-state index contributed by atoms with van der Waals surface area (Å²) >= 11 is 0. The standard InChI is InChI=1S/C17H24O2/c1-3-5-7-14(6-4-2)8-9-15-10-12-16(13-11-15)17(18)19/h7,10-13H,3-6,8-9H2,1-2H3,(H,18,19). The maximum absolute atomic E-state index is 10.8. The predicted molar refractivity (Wildman–Crippen MR) is 79.6 cm³/mol. The van der Waals surface area contributed by atoms with Gasteiger partial charge in [-0.15, -0.1) is 0 Å². The molecule has 0 aliphatic heterocycles. The average Bonchev–Trinajstić information content (AvgIpc) is 2.42. The van der Waals surface area contributed by atoms with E-state index in [2.05, 4.69) is 19.9 Å². The van der Waals surface area contributed by atoms with Gasteiger partial charge in [-0.25, -0.2) is 4.79 Å². The number of rotatable bonds is 8. The molecule has 0 aromatic heterocycles. The Balaban J connectivity index is 2.56. The lowest BCUT2D eigenvalue weighted by Gasteiger charge is -2.07. The first-order valence-electron chi connectivity index (χ1n) is 7.17. The summed E-state index contributed by atoms with van der Waals surface area (Å²) in [5, 5.41) is 8.85. The van der Waals surface area contributed by atoms with Crippen LogP contribution in [0.5, 0.6) is 0 Å². The van der Waals surface area contributed by atoms with E-state index in [0.717, 1.165) is 19.3 Å². The molecule has 2 heteroatoms. The molecule has 0 spiro atoms. The van der Waals surface area contributed by atoms with Crippen molar-refractivity contribution in [3.05, 3.63) is 47.0 Å². The van der Waals surface area contributed by atoms with E-state index < -0.39 is 5.97 Å². The Labute approximate surface area is 116 Å². The van der Waals surface area contributed by atoms with Gasteiger partial charge in [-0.3, -0.25) is 0 Å². The Kier molecular flexibility index (Phi) is 6.94. The summed E-state index contributed by atoms with van der Waals surface area (Å²) < 4.78 is 0. The van der Waals surface area contributed by atoms with E-state index in [0.29, 0.717) is 5.56 Å². The zero-order chi connectivity index (χ0) is 14.1. The number of aromatic carboxylic acids is 1. The Bertz CT molecular complexity index is 415. The van der Waals surface area contributed by atoms with Crippen LogP contribution in [0.3, 0.4) is 0 Å². The molecule has 0 radical (unpaired) electrons. The Hall–Kier alpha value is -1.57. The minimum Gasteiger partial charge on any atom is -0.478 e. The van der Waals surface area contributed by atoms with Crippen molar-refractivity contribution in [1.82, 2.24) is 0 Å². The molecule has 1 aromatic rings. The number of unbranched alkanes of at least 4 members (excludes halogenated alkanes) is 1. The quantitative estimate of drug-likeness (QED) is 0.679. The van der Waals surface area contributed by atoms with E-state index in [-0.39, 0.29) is 0 Å². The Morgan fingerprint density at radius 1 is 1.11 bits per heavy atom. The summed E-state index contributed by atoms with van der Waals surface area (Å²) in [6, 6.07) is 7.22. The smallest absolute Gasteiger partial charge is 0.335 e. The number of carbonyl (C=O) groups is 1. The third kappa shape index (κ3) is 5.73. The lowest BCUT2D eigenvalue weighted by Crippen LogP contribution is -1.96. The largest absolute Gasteiger partial charge is 0.478 e. The van der Waals surface area contributed by atoms with Crippen molar-refractivity contribution in [2.75, 3.05) is 0 Å². The molecule has 1 rings (SSSR count). The first kappa shape index (κ1) is 15.5. The van der Waals surface area contributed by atoms with Gasteiger partial charge in [-0.2, -0.15) is 0 Å². The zero-order valence-electron chi connectivity index (χ0n) is 12.0. The summed E-state index contributed by atoms with van der Waals surface area (Å²) in [7, 11) is 0. The van der Waals surface area contributed by atoms with Crippen LogP contribution in [0, 0.1) is 0 Å². The van der Waals surface area contributed by atoms with Gasteiger partial charge in [0.2, 0.25) is 0 Å². The Morgan fingerprint density at radius 3 is 2.32 bits per heavy atom. The van der Waals surface area contributed by atoms with Crippen molar-refractivity contribution < 1.29 is 9.90 Å². The fraction of sp³-hybridized carbons (Fsp3) is 0.471. The maximum atomic E-state index is 10.8. The highest BCUT2D eigenvalue weighted by Gasteiger charge is 2.02. The second kappa shape index (κ2) is 8.52. The van der Waals surface area contributed by atoms with Crippen LogP contribution in [0.4, 0.5) is 0 Å². The third-order valence-electron chi connectivity index (χ3n) is 3.23. The van der Waals surface area contributed by atoms with Crippen LogP contribution in [0.1, 0.15) is 61.9 Å². The summed E-state index contributed by atoms with van der Waals surface area (Å²) in [5.74, 6) is -0.860. The molecular formula is C17H24O2. The van der Waals surface area contributed by atoms with Gasteiger partial charge in [-0.1, -0.05) is 50.5 Å². The van der Waals surface area contributed by atoms with Crippen LogP contribution in [-0.2, 0) is 6.42 Å². The molecule has 1 N–H and O–H groups in total. The molecule has 2 nitrogen and oxygen atoms in total. The van der Waals surface area contributed by atoms with Gasteiger partial charge < -0.3 is 5.11 Å². The minimum absolute atomic E-state index is 0.360. The molecule has 0 heterocycles. The van der Waals surface area contributed by atoms with Gasteiger partial charge in [0.05, 0.1) is 5.56 Å². The van der Waals surface area contributed by atoms with Crippen LogP contribution in [0.15, 0.2) is 35.9 Å². The number of hydrogen-bond donors (Lipinski definition) is 1.